The van der Waals surface area contributed by atoms with Gasteiger partial charge in [0.05, 0.1) is 15.8 Å². The number of halogens is 1. The van der Waals surface area contributed by atoms with Crippen LogP contribution in [0, 0.1) is 0 Å². The highest BCUT2D eigenvalue weighted by Gasteiger charge is 2.25. The average Bonchev–Trinajstić information content (AvgIpc) is 3.28. The molecule has 0 saturated carbocycles. The molecular formula is C19H21ClN2O2S. The van der Waals surface area contributed by atoms with E-state index in [4.69, 9.17) is 11.6 Å². The highest BCUT2D eigenvalue weighted by atomic mass is 35.5. The zero-order chi connectivity index (χ0) is 17.8. The molecule has 25 heavy (non-hydrogen) atoms. The van der Waals surface area contributed by atoms with Crippen molar-refractivity contribution >= 4 is 34.6 Å². The zero-order valence-electron chi connectivity index (χ0n) is 14.1. The summed E-state index contributed by atoms with van der Waals surface area (Å²) in [6.07, 6.45) is 2.34. The lowest BCUT2D eigenvalue weighted by atomic mass is 10.1. The number of carbonyl (C=O) groups excluding carboxylic acids is 2. The zero-order valence-corrected chi connectivity index (χ0v) is 15.7. The van der Waals surface area contributed by atoms with Crippen LogP contribution < -0.4 is 5.32 Å². The van der Waals surface area contributed by atoms with Gasteiger partial charge in [0.25, 0.3) is 5.91 Å². The maximum atomic E-state index is 12.5. The fraction of sp³-hybridized carbons (Fsp3) is 0.368. The molecule has 1 aliphatic rings. The van der Waals surface area contributed by atoms with Crippen molar-refractivity contribution in [3.8, 4) is 0 Å². The molecule has 1 aromatic heterocycles. The molecule has 0 radical (unpaired) electrons. The van der Waals surface area contributed by atoms with E-state index in [0.29, 0.717) is 16.3 Å². The van der Waals surface area contributed by atoms with Crippen LogP contribution in [0.2, 0.25) is 5.02 Å². The van der Waals surface area contributed by atoms with Gasteiger partial charge in [0.2, 0.25) is 0 Å². The largest absolute Gasteiger partial charge is 0.349 e. The van der Waals surface area contributed by atoms with E-state index in [9.17, 15) is 9.59 Å². The molecule has 2 heterocycles. The summed E-state index contributed by atoms with van der Waals surface area (Å²) in [5, 5.41) is 3.74. The number of benzene rings is 1. The van der Waals surface area contributed by atoms with Crippen molar-refractivity contribution in [3.05, 3.63) is 56.7 Å². The molecule has 6 heteroatoms. The van der Waals surface area contributed by atoms with E-state index in [1.165, 1.54) is 31.1 Å². The summed E-state index contributed by atoms with van der Waals surface area (Å²) in [7, 11) is 0. The summed E-state index contributed by atoms with van der Waals surface area (Å²) in [5.41, 5.74) is 1.04. The second-order valence-electron chi connectivity index (χ2n) is 6.21. The van der Waals surface area contributed by atoms with Crippen molar-refractivity contribution in [3.63, 3.8) is 0 Å². The normalized spacial score (nSPS) is 15.9. The number of likely N-dealkylation sites (tertiary alicyclic amines) is 1. The van der Waals surface area contributed by atoms with Crippen molar-refractivity contribution < 1.29 is 9.59 Å². The Morgan fingerprint density at radius 2 is 1.84 bits per heavy atom. The minimum absolute atomic E-state index is 0.0185. The van der Waals surface area contributed by atoms with Gasteiger partial charge in [-0.2, -0.15) is 0 Å². The van der Waals surface area contributed by atoms with E-state index in [0.717, 1.165) is 23.7 Å². The third-order valence-corrected chi connectivity index (χ3v) is 6.01. The number of Topliss-reactive ketones (excluding diaryl/α,β-unsaturated/α-hetero) is 1. The van der Waals surface area contributed by atoms with E-state index in [1.54, 1.807) is 12.1 Å². The quantitative estimate of drug-likeness (QED) is 0.770. The summed E-state index contributed by atoms with van der Waals surface area (Å²) in [4.78, 5) is 27.4. The van der Waals surface area contributed by atoms with E-state index >= 15 is 0 Å². The lowest BCUT2D eigenvalue weighted by molar-refractivity contribution is 0.0941. The predicted octanol–water partition coefficient (Wildman–Crippen LogP) is 4.17. The Morgan fingerprint density at radius 1 is 1.16 bits per heavy atom. The van der Waals surface area contributed by atoms with Gasteiger partial charge in [0.1, 0.15) is 0 Å². The van der Waals surface area contributed by atoms with Gasteiger partial charge >= 0.3 is 0 Å². The SMILES string of the molecule is CC(=O)c1ccc(C(=O)NC[C@H](c2ccccc2Cl)N2CCCC2)s1. The Hall–Kier alpha value is -1.69. The predicted molar refractivity (Wildman–Crippen MR) is 102 cm³/mol. The number of amides is 1. The Kier molecular flexibility index (Phi) is 5.89. The first-order valence-corrected chi connectivity index (χ1v) is 9.63. The van der Waals surface area contributed by atoms with Gasteiger partial charge in [-0.05, 0) is 56.6 Å². The fourth-order valence-electron chi connectivity index (χ4n) is 3.16. The van der Waals surface area contributed by atoms with Crippen molar-refractivity contribution in [1.82, 2.24) is 10.2 Å². The van der Waals surface area contributed by atoms with E-state index in [-0.39, 0.29) is 17.7 Å². The van der Waals surface area contributed by atoms with Gasteiger partial charge in [-0.15, -0.1) is 11.3 Å². The third-order valence-electron chi connectivity index (χ3n) is 4.48. The minimum atomic E-state index is -0.145. The molecule has 0 spiro atoms. The topological polar surface area (TPSA) is 49.4 Å². The number of hydrogen-bond donors (Lipinski definition) is 1. The summed E-state index contributed by atoms with van der Waals surface area (Å²) in [5.74, 6) is -0.163. The molecule has 3 rings (SSSR count). The first kappa shape index (κ1) is 18.1. The lowest BCUT2D eigenvalue weighted by Gasteiger charge is -2.28. The molecule has 1 N–H and O–H groups in total. The van der Waals surface area contributed by atoms with Crippen LogP contribution >= 0.6 is 22.9 Å². The molecule has 1 fully saturated rings. The highest BCUT2D eigenvalue weighted by molar-refractivity contribution is 7.15. The molecule has 0 bridgehead atoms. The molecule has 0 aliphatic carbocycles. The molecule has 1 aliphatic heterocycles. The van der Waals surface area contributed by atoms with Crippen molar-refractivity contribution in [2.75, 3.05) is 19.6 Å². The van der Waals surface area contributed by atoms with Crippen LogP contribution in [-0.2, 0) is 0 Å². The third kappa shape index (κ3) is 4.29. The van der Waals surface area contributed by atoms with Crippen molar-refractivity contribution in [2.45, 2.75) is 25.8 Å². The molecular weight excluding hydrogens is 356 g/mol. The monoisotopic (exact) mass is 376 g/mol. The Bertz CT molecular complexity index is 768. The average molecular weight is 377 g/mol. The molecule has 2 aromatic rings. The number of carbonyl (C=O) groups is 2. The van der Waals surface area contributed by atoms with Gasteiger partial charge < -0.3 is 5.32 Å². The smallest absolute Gasteiger partial charge is 0.261 e. The summed E-state index contributed by atoms with van der Waals surface area (Å²) in [6, 6.07) is 11.3. The molecule has 4 nitrogen and oxygen atoms in total. The van der Waals surface area contributed by atoms with Crippen LogP contribution in [0.1, 0.15) is 50.7 Å². The number of nitrogens with one attached hydrogen (secondary N) is 1. The fourth-order valence-corrected chi connectivity index (χ4v) is 4.24. The van der Waals surface area contributed by atoms with Gasteiger partial charge in [0.15, 0.2) is 5.78 Å². The Balaban J connectivity index is 1.73. The van der Waals surface area contributed by atoms with Crippen molar-refractivity contribution in [2.24, 2.45) is 0 Å². The van der Waals surface area contributed by atoms with Gasteiger partial charge in [-0.25, -0.2) is 0 Å². The highest BCUT2D eigenvalue weighted by Crippen LogP contribution is 2.30. The van der Waals surface area contributed by atoms with Crippen LogP contribution in [0.5, 0.6) is 0 Å². The van der Waals surface area contributed by atoms with Gasteiger partial charge in [-0.1, -0.05) is 29.8 Å². The molecule has 1 amide bonds. The standard InChI is InChI=1S/C19H21ClN2O2S/c1-13(23)17-8-9-18(25-17)19(24)21-12-16(22-10-4-5-11-22)14-6-2-3-7-15(14)20/h2-3,6-9,16H,4-5,10-12H2,1H3,(H,21,24)/t16-/m1/s1. The number of hydrogen-bond acceptors (Lipinski definition) is 4. The lowest BCUT2D eigenvalue weighted by Crippen LogP contribution is -2.36. The second-order valence-corrected chi connectivity index (χ2v) is 7.70. The van der Waals surface area contributed by atoms with Crippen LogP contribution in [0.25, 0.3) is 0 Å². The molecule has 1 saturated heterocycles. The summed E-state index contributed by atoms with van der Waals surface area (Å²) >= 11 is 7.62. The van der Waals surface area contributed by atoms with Crippen LogP contribution in [0.4, 0.5) is 0 Å². The molecule has 132 valence electrons. The summed E-state index contributed by atoms with van der Waals surface area (Å²) < 4.78 is 0. The van der Waals surface area contributed by atoms with Gasteiger partial charge in [-0.3, -0.25) is 14.5 Å². The number of ketones is 1. The van der Waals surface area contributed by atoms with Crippen LogP contribution in [0.15, 0.2) is 36.4 Å². The maximum Gasteiger partial charge on any atom is 0.261 e. The van der Waals surface area contributed by atoms with E-state index in [2.05, 4.69) is 10.2 Å². The maximum absolute atomic E-state index is 12.5. The first-order valence-electron chi connectivity index (χ1n) is 8.43. The molecule has 1 aromatic carbocycles. The molecule has 1 atom stereocenters. The van der Waals surface area contributed by atoms with E-state index < -0.39 is 0 Å². The second kappa shape index (κ2) is 8.13. The molecule has 0 unspecified atom stereocenters. The van der Waals surface area contributed by atoms with Crippen molar-refractivity contribution in [1.29, 1.82) is 0 Å². The first-order chi connectivity index (χ1) is 12.1. The van der Waals surface area contributed by atoms with E-state index in [1.807, 2.05) is 24.3 Å². The summed E-state index contributed by atoms with van der Waals surface area (Å²) in [6.45, 7) is 4.03. The van der Waals surface area contributed by atoms with Gasteiger partial charge in [0, 0.05) is 11.6 Å². The minimum Gasteiger partial charge on any atom is -0.349 e. The number of thiophene rings is 1. The Morgan fingerprint density at radius 3 is 2.48 bits per heavy atom. The van der Waals surface area contributed by atoms with Crippen LogP contribution in [0.3, 0.4) is 0 Å². The Labute approximate surface area is 156 Å². The number of nitrogens with zero attached hydrogens (tertiary/aromatic N) is 1. The number of rotatable bonds is 6. The van der Waals surface area contributed by atoms with Crippen LogP contribution in [-0.4, -0.2) is 36.2 Å².